The Morgan fingerprint density at radius 1 is 1.43 bits per heavy atom. The molecule has 2 aliphatic heterocycles. The van der Waals surface area contributed by atoms with Gasteiger partial charge in [-0.3, -0.25) is 19.8 Å². The number of nitrogens with zero attached hydrogens (tertiary/aromatic N) is 3. The van der Waals surface area contributed by atoms with E-state index in [1.54, 1.807) is 25.1 Å². The number of fused-ring (bicyclic) bond motifs is 1. The van der Waals surface area contributed by atoms with Gasteiger partial charge < -0.3 is 9.52 Å². The van der Waals surface area contributed by atoms with Gasteiger partial charge in [0.15, 0.2) is 5.89 Å². The van der Waals surface area contributed by atoms with Crippen LogP contribution in [0.25, 0.3) is 6.08 Å². The lowest BCUT2D eigenvalue weighted by molar-refractivity contribution is -0.384. The van der Waals surface area contributed by atoms with Crippen molar-refractivity contribution in [3.63, 3.8) is 0 Å². The maximum Gasteiger partial charge on any atom is 0.353 e. The van der Waals surface area contributed by atoms with Crippen molar-refractivity contribution >= 4 is 35.4 Å². The van der Waals surface area contributed by atoms with E-state index in [1.165, 1.54) is 35.1 Å². The largest absolute Gasteiger partial charge is 0.477 e. The molecule has 1 atom stereocenters. The summed E-state index contributed by atoms with van der Waals surface area (Å²) in [7, 11) is 0. The number of aromatic nitrogens is 1. The molecule has 10 heteroatoms. The van der Waals surface area contributed by atoms with Gasteiger partial charge in [0.2, 0.25) is 0 Å². The molecule has 0 radical (unpaired) electrons. The third-order valence-electron chi connectivity index (χ3n) is 4.38. The van der Waals surface area contributed by atoms with E-state index < -0.39 is 16.3 Å². The summed E-state index contributed by atoms with van der Waals surface area (Å²) >= 11 is 1.28. The molecule has 1 saturated heterocycles. The van der Waals surface area contributed by atoms with E-state index in [0.29, 0.717) is 22.1 Å². The monoisotopic (exact) mass is 399 g/mol. The second kappa shape index (κ2) is 6.64. The molecule has 0 aliphatic carbocycles. The van der Waals surface area contributed by atoms with Gasteiger partial charge in [0.1, 0.15) is 23.0 Å². The van der Waals surface area contributed by atoms with Crippen molar-refractivity contribution in [1.29, 1.82) is 0 Å². The number of carbonyl (C=O) groups is 2. The molecule has 1 N–H and O–H groups in total. The highest BCUT2D eigenvalue weighted by Gasteiger charge is 2.52. The van der Waals surface area contributed by atoms with Crippen LogP contribution < -0.4 is 0 Å². The SMILES string of the molecule is Cc1nc(/C=C2\C(=O)N3C(C(=O)O)=C(Cc4ccc([N+](=O)[O-])cc4)S[C@H]23)co1. The average molecular weight is 399 g/mol. The topological polar surface area (TPSA) is 127 Å². The zero-order valence-electron chi connectivity index (χ0n) is 14.5. The van der Waals surface area contributed by atoms with Gasteiger partial charge in [-0.1, -0.05) is 23.9 Å². The van der Waals surface area contributed by atoms with Crippen molar-refractivity contribution in [1.82, 2.24) is 9.88 Å². The van der Waals surface area contributed by atoms with Crippen molar-refractivity contribution in [2.45, 2.75) is 18.7 Å². The van der Waals surface area contributed by atoms with Gasteiger partial charge in [-0.25, -0.2) is 9.78 Å². The van der Waals surface area contributed by atoms with Gasteiger partial charge in [-0.15, -0.1) is 0 Å². The first kappa shape index (κ1) is 18.0. The number of hydrogen-bond donors (Lipinski definition) is 1. The van der Waals surface area contributed by atoms with Crippen molar-refractivity contribution in [2.75, 3.05) is 0 Å². The van der Waals surface area contributed by atoms with Crippen molar-refractivity contribution in [2.24, 2.45) is 0 Å². The number of hydrogen-bond acceptors (Lipinski definition) is 7. The number of carboxylic acid groups (broad SMARTS) is 1. The van der Waals surface area contributed by atoms with Crippen LogP contribution in [0.1, 0.15) is 17.1 Å². The molecule has 0 spiro atoms. The quantitative estimate of drug-likeness (QED) is 0.352. The molecular formula is C18H13N3O6S. The first-order valence-corrected chi connectivity index (χ1v) is 9.07. The lowest BCUT2D eigenvalue weighted by Crippen LogP contribution is -2.51. The van der Waals surface area contributed by atoms with Gasteiger partial charge in [-0.05, 0) is 11.6 Å². The number of nitro groups is 1. The Kier molecular flexibility index (Phi) is 4.27. The number of benzene rings is 1. The number of allylic oxidation sites excluding steroid dienone is 1. The number of nitro benzene ring substituents is 1. The highest BCUT2D eigenvalue weighted by atomic mass is 32.2. The smallest absolute Gasteiger partial charge is 0.353 e. The summed E-state index contributed by atoms with van der Waals surface area (Å²) in [6, 6.07) is 5.90. The van der Waals surface area contributed by atoms with Crippen molar-refractivity contribution < 1.29 is 24.0 Å². The second-order valence-electron chi connectivity index (χ2n) is 6.21. The van der Waals surface area contributed by atoms with Crippen LogP contribution in [0.2, 0.25) is 0 Å². The lowest BCUT2D eigenvalue weighted by atomic mass is 10.0. The van der Waals surface area contributed by atoms with Crippen LogP contribution in [0.4, 0.5) is 5.69 Å². The van der Waals surface area contributed by atoms with Crippen LogP contribution in [0.3, 0.4) is 0 Å². The molecule has 0 bridgehead atoms. The number of β-lactam (4-membered cyclic amide) rings is 1. The van der Waals surface area contributed by atoms with Crippen LogP contribution in [-0.4, -0.2) is 37.2 Å². The molecule has 1 fully saturated rings. The summed E-state index contributed by atoms with van der Waals surface area (Å²) in [4.78, 5) is 40.4. The average Bonchev–Trinajstić information content (AvgIpc) is 3.21. The minimum Gasteiger partial charge on any atom is -0.477 e. The number of thioether (sulfide) groups is 1. The predicted molar refractivity (Wildman–Crippen MR) is 98.9 cm³/mol. The number of rotatable bonds is 5. The third kappa shape index (κ3) is 2.97. The highest BCUT2D eigenvalue weighted by Crippen LogP contribution is 2.50. The van der Waals surface area contributed by atoms with E-state index in [0.717, 1.165) is 5.56 Å². The van der Waals surface area contributed by atoms with Gasteiger partial charge >= 0.3 is 5.97 Å². The minimum absolute atomic E-state index is 0.0395. The zero-order chi connectivity index (χ0) is 20.0. The number of non-ortho nitro benzene ring substituents is 1. The first-order valence-electron chi connectivity index (χ1n) is 8.19. The third-order valence-corrected chi connectivity index (χ3v) is 5.69. The van der Waals surface area contributed by atoms with Gasteiger partial charge in [0, 0.05) is 30.4 Å². The van der Waals surface area contributed by atoms with Crippen LogP contribution >= 0.6 is 11.8 Å². The van der Waals surface area contributed by atoms with Crippen LogP contribution in [-0.2, 0) is 16.0 Å². The van der Waals surface area contributed by atoms with E-state index >= 15 is 0 Å². The molecule has 142 valence electrons. The minimum atomic E-state index is -1.18. The predicted octanol–water partition coefficient (Wildman–Crippen LogP) is 2.73. The Morgan fingerprint density at radius 3 is 2.71 bits per heavy atom. The van der Waals surface area contributed by atoms with Gasteiger partial charge in [0.25, 0.3) is 11.6 Å². The Morgan fingerprint density at radius 2 is 2.14 bits per heavy atom. The first-order chi connectivity index (χ1) is 13.3. The number of oxazole rings is 1. The summed E-state index contributed by atoms with van der Waals surface area (Å²) in [6.07, 6.45) is 3.30. The van der Waals surface area contributed by atoms with Crippen molar-refractivity contribution in [3.8, 4) is 0 Å². The molecular weight excluding hydrogens is 386 g/mol. The molecule has 1 amide bonds. The van der Waals surface area contributed by atoms with E-state index in [1.807, 2.05) is 0 Å². The number of carbonyl (C=O) groups excluding carboxylic acids is 1. The number of aliphatic carboxylic acids is 1. The maximum atomic E-state index is 12.5. The fourth-order valence-electron chi connectivity index (χ4n) is 3.09. The Labute approximate surface area is 162 Å². The number of aryl methyl sites for hydroxylation is 1. The van der Waals surface area contributed by atoms with E-state index in [2.05, 4.69) is 4.98 Å². The Balaban J connectivity index is 1.60. The molecule has 0 unspecified atom stereocenters. The molecule has 1 aromatic heterocycles. The molecule has 28 heavy (non-hydrogen) atoms. The normalized spacial score (nSPS) is 19.8. The fourth-order valence-corrected chi connectivity index (χ4v) is 4.51. The number of carboxylic acids is 1. The molecule has 2 aromatic rings. The second-order valence-corrected chi connectivity index (χ2v) is 7.39. The summed E-state index contributed by atoms with van der Waals surface area (Å²) < 4.78 is 5.13. The zero-order valence-corrected chi connectivity index (χ0v) is 15.3. The van der Waals surface area contributed by atoms with E-state index in [-0.39, 0.29) is 23.7 Å². The Hall–Kier alpha value is -3.40. The molecule has 4 rings (SSSR count). The summed E-state index contributed by atoms with van der Waals surface area (Å²) in [5.41, 5.74) is 1.59. The molecule has 1 aromatic carbocycles. The summed E-state index contributed by atoms with van der Waals surface area (Å²) in [5, 5.41) is 19.9. The highest BCUT2D eigenvalue weighted by molar-refractivity contribution is 8.04. The molecule has 0 saturated carbocycles. The van der Waals surface area contributed by atoms with E-state index in [4.69, 9.17) is 4.42 Å². The summed E-state index contributed by atoms with van der Waals surface area (Å²) in [5.74, 6) is -1.09. The van der Waals surface area contributed by atoms with Gasteiger partial charge in [0.05, 0.1) is 10.5 Å². The standard InChI is InChI=1S/C18H13N3O6S/c1-9-19-11(8-27-9)7-13-16(22)20-15(18(23)24)14(28-17(13)20)6-10-2-4-12(5-3-10)21(25)26/h2-5,7-8,17H,6H2,1H3,(H,23,24)/b13-7+/t17-/m1/s1. The van der Waals surface area contributed by atoms with Crippen LogP contribution in [0.15, 0.2) is 51.1 Å². The number of amides is 1. The summed E-state index contributed by atoms with van der Waals surface area (Å²) in [6.45, 7) is 1.69. The lowest BCUT2D eigenvalue weighted by Gasteiger charge is -2.36. The van der Waals surface area contributed by atoms with Gasteiger partial charge in [-0.2, -0.15) is 0 Å². The fraction of sp³-hybridized carbons (Fsp3) is 0.167. The Bertz CT molecular complexity index is 1070. The molecule has 3 heterocycles. The van der Waals surface area contributed by atoms with Crippen LogP contribution in [0, 0.1) is 17.0 Å². The van der Waals surface area contributed by atoms with E-state index in [9.17, 15) is 24.8 Å². The van der Waals surface area contributed by atoms with Crippen molar-refractivity contribution in [3.05, 3.63) is 74.0 Å². The molecule has 9 nitrogen and oxygen atoms in total. The maximum absolute atomic E-state index is 12.5. The van der Waals surface area contributed by atoms with Crippen LogP contribution in [0.5, 0.6) is 0 Å². The molecule has 2 aliphatic rings.